The Hall–Kier alpha value is -4.05. The van der Waals surface area contributed by atoms with Gasteiger partial charge in [-0.25, -0.2) is 0 Å². The van der Waals surface area contributed by atoms with Gasteiger partial charge in [0.25, 0.3) is 5.91 Å². The summed E-state index contributed by atoms with van der Waals surface area (Å²) in [6, 6.07) is 15.5. The van der Waals surface area contributed by atoms with Crippen molar-refractivity contribution < 1.29 is 28.5 Å². The van der Waals surface area contributed by atoms with Gasteiger partial charge in [-0.2, -0.15) is 0 Å². The molecule has 250 valence electrons. The summed E-state index contributed by atoms with van der Waals surface area (Å²) in [6.45, 7) is 8.73. The van der Waals surface area contributed by atoms with E-state index in [4.69, 9.17) is 5.73 Å². The van der Waals surface area contributed by atoms with Crippen LogP contribution in [0.25, 0.3) is 0 Å². The summed E-state index contributed by atoms with van der Waals surface area (Å²) in [5.41, 5.74) is 5.33. The summed E-state index contributed by atoms with van der Waals surface area (Å²) in [6.07, 6.45) is 2.49. The molecule has 0 bridgehead atoms. The third-order valence-electron chi connectivity index (χ3n) is 9.06. The fourth-order valence-electron chi connectivity index (χ4n) is 6.43. The quantitative estimate of drug-likeness (QED) is 0.147. The van der Waals surface area contributed by atoms with Crippen molar-refractivity contribution in [2.24, 2.45) is 22.5 Å². The zero-order valence-corrected chi connectivity index (χ0v) is 28.5. The van der Waals surface area contributed by atoms with Gasteiger partial charge in [-0.3, -0.25) is 28.9 Å². The fourth-order valence-corrected chi connectivity index (χ4v) is 6.43. The highest BCUT2D eigenvalue weighted by atomic mass is 16.2. The van der Waals surface area contributed by atoms with Crippen LogP contribution < -0.4 is 16.4 Å². The standard InChI is InChI=1S/C36H51N5O5/c1-8-25(31(37)43)23-36(4,24-35(2,3)34(46)40-22-19-29(40)41(5,6)7)33(45)39-21-12-20-38-32(44)28-17-15-27(16-18-28)30(42)26-13-10-9-11-14-26/h9-11,13-18,25,29H,8,12,19-24H2,1-7H3,(H3-,37,38,39,43,44,45)/p+1. The van der Waals surface area contributed by atoms with Gasteiger partial charge < -0.3 is 20.9 Å². The van der Waals surface area contributed by atoms with Crippen LogP contribution in [0.15, 0.2) is 54.6 Å². The number of nitrogens with one attached hydrogen (secondary N) is 2. The van der Waals surface area contributed by atoms with Gasteiger partial charge in [0.15, 0.2) is 11.9 Å². The number of nitrogens with two attached hydrogens (primary N) is 1. The maximum atomic E-state index is 13.7. The average Bonchev–Trinajstić information content (AvgIpc) is 2.97. The molecule has 0 radical (unpaired) electrons. The van der Waals surface area contributed by atoms with Crippen molar-refractivity contribution in [3.8, 4) is 0 Å². The van der Waals surface area contributed by atoms with Gasteiger partial charge in [-0.1, -0.05) is 70.2 Å². The Morgan fingerprint density at radius 1 is 0.891 bits per heavy atom. The van der Waals surface area contributed by atoms with E-state index in [1.807, 2.05) is 38.7 Å². The van der Waals surface area contributed by atoms with Gasteiger partial charge in [0.2, 0.25) is 17.7 Å². The Kier molecular flexibility index (Phi) is 11.9. The van der Waals surface area contributed by atoms with Crippen molar-refractivity contribution in [2.45, 2.75) is 66.0 Å². The summed E-state index contributed by atoms with van der Waals surface area (Å²) in [5, 5.41) is 5.84. The molecule has 1 fully saturated rings. The Morgan fingerprint density at radius 3 is 1.98 bits per heavy atom. The van der Waals surface area contributed by atoms with Gasteiger partial charge in [-0.05, 0) is 37.8 Å². The Bertz CT molecular complexity index is 1400. The van der Waals surface area contributed by atoms with E-state index >= 15 is 0 Å². The average molecular weight is 635 g/mol. The van der Waals surface area contributed by atoms with E-state index in [1.165, 1.54) is 0 Å². The number of nitrogens with zero attached hydrogens (tertiary/aromatic N) is 2. The van der Waals surface area contributed by atoms with E-state index in [0.717, 1.165) is 6.42 Å². The minimum atomic E-state index is -1.02. The molecule has 3 atom stereocenters. The maximum absolute atomic E-state index is 13.7. The summed E-state index contributed by atoms with van der Waals surface area (Å²) in [5.74, 6) is -1.59. The first-order valence-electron chi connectivity index (χ1n) is 16.2. The summed E-state index contributed by atoms with van der Waals surface area (Å²) in [4.78, 5) is 66.9. The predicted octanol–water partition coefficient (Wildman–Crippen LogP) is 3.74. The molecular formula is C36H52N5O5+. The number of carbonyl (C=O) groups is 5. The highest BCUT2D eigenvalue weighted by Crippen LogP contribution is 2.42. The molecule has 1 aliphatic rings. The topological polar surface area (TPSA) is 139 Å². The lowest BCUT2D eigenvalue weighted by molar-refractivity contribution is -0.913. The van der Waals surface area contributed by atoms with Crippen LogP contribution in [0.5, 0.6) is 0 Å². The highest BCUT2D eigenvalue weighted by Gasteiger charge is 2.49. The van der Waals surface area contributed by atoms with Crippen LogP contribution in [0.3, 0.4) is 0 Å². The largest absolute Gasteiger partial charge is 0.369 e. The molecule has 4 amide bonds. The molecule has 0 aromatic heterocycles. The lowest BCUT2D eigenvalue weighted by atomic mass is 9.68. The van der Waals surface area contributed by atoms with Crippen LogP contribution >= 0.6 is 0 Å². The Labute approximate surface area is 273 Å². The molecule has 46 heavy (non-hydrogen) atoms. The Balaban J connectivity index is 1.58. The van der Waals surface area contributed by atoms with Crippen LogP contribution in [0, 0.1) is 16.7 Å². The molecule has 3 rings (SSSR count). The van der Waals surface area contributed by atoms with E-state index in [0.29, 0.717) is 53.6 Å². The SMILES string of the molecule is CCC(CC(C)(CC(C)(C)C(=O)N1CCC1[N+](C)(C)C)C(=O)NCCCNC(=O)c1ccc(C(=O)c2ccccc2)cc1)C(N)=O. The second-order valence-corrected chi connectivity index (χ2v) is 14.4. The van der Waals surface area contributed by atoms with Crippen LogP contribution in [0.1, 0.15) is 86.1 Å². The van der Waals surface area contributed by atoms with Crippen LogP contribution in [0.4, 0.5) is 0 Å². The number of amides is 4. The van der Waals surface area contributed by atoms with Crippen LogP contribution in [-0.2, 0) is 14.4 Å². The van der Waals surface area contributed by atoms with E-state index in [9.17, 15) is 24.0 Å². The summed E-state index contributed by atoms with van der Waals surface area (Å²) < 4.78 is 0.648. The van der Waals surface area contributed by atoms with E-state index < -0.39 is 22.7 Å². The first-order valence-corrected chi connectivity index (χ1v) is 16.2. The number of quaternary nitrogens is 1. The molecule has 4 N–H and O–H groups in total. The molecule has 0 saturated carbocycles. The minimum absolute atomic E-state index is 0.00289. The fraction of sp³-hybridized carbons (Fsp3) is 0.528. The number of ketones is 1. The molecule has 1 heterocycles. The lowest BCUT2D eigenvalue weighted by Gasteiger charge is -2.51. The smallest absolute Gasteiger partial charge is 0.251 e. The molecule has 1 saturated heterocycles. The maximum Gasteiger partial charge on any atom is 0.251 e. The van der Waals surface area contributed by atoms with E-state index in [-0.39, 0.29) is 42.5 Å². The predicted molar refractivity (Wildman–Crippen MR) is 179 cm³/mol. The third kappa shape index (κ3) is 9.02. The van der Waals surface area contributed by atoms with Crippen molar-refractivity contribution >= 4 is 29.4 Å². The molecule has 1 aliphatic heterocycles. The molecule has 2 aromatic rings. The number of benzene rings is 2. The van der Waals surface area contributed by atoms with Gasteiger partial charge >= 0.3 is 0 Å². The molecule has 0 spiro atoms. The lowest BCUT2D eigenvalue weighted by Crippen LogP contribution is -2.66. The summed E-state index contributed by atoms with van der Waals surface area (Å²) in [7, 11) is 6.21. The number of carbonyl (C=O) groups excluding carboxylic acids is 5. The zero-order valence-electron chi connectivity index (χ0n) is 28.5. The number of hydrogen-bond donors (Lipinski definition) is 3. The van der Waals surface area contributed by atoms with Crippen LogP contribution in [-0.4, -0.2) is 85.7 Å². The normalized spacial score (nSPS) is 16.8. The van der Waals surface area contributed by atoms with Crippen molar-refractivity contribution in [2.75, 3.05) is 40.8 Å². The second-order valence-electron chi connectivity index (χ2n) is 14.4. The van der Waals surface area contributed by atoms with Crippen LogP contribution in [0.2, 0.25) is 0 Å². The Morgan fingerprint density at radius 2 is 1.46 bits per heavy atom. The molecule has 2 aromatic carbocycles. The minimum Gasteiger partial charge on any atom is -0.369 e. The number of hydrogen-bond acceptors (Lipinski definition) is 5. The monoisotopic (exact) mass is 634 g/mol. The van der Waals surface area contributed by atoms with Crippen molar-refractivity contribution in [1.29, 1.82) is 0 Å². The van der Waals surface area contributed by atoms with Crippen molar-refractivity contribution in [1.82, 2.24) is 15.5 Å². The van der Waals surface area contributed by atoms with Crippen molar-refractivity contribution in [3.05, 3.63) is 71.3 Å². The molecule has 10 nitrogen and oxygen atoms in total. The number of primary amides is 1. The molecule has 0 aliphatic carbocycles. The zero-order chi connectivity index (χ0) is 34.3. The van der Waals surface area contributed by atoms with Gasteiger partial charge in [-0.15, -0.1) is 0 Å². The van der Waals surface area contributed by atoms with Crippen molar-refractivity contribution in [3.63, 3.8) is 0 Å². The first kappa shape index (κ1) is 36.4. The van der Waals surface area contributed by atoms with Gasteiger partial charge in [0.05, 0.1) is 21.1 Å². The molecule has 3 unspecified atom stereocenters. The first-order chi connectivity index (χ1) is 21.5. The van der Waals surface area contributed by atoms with Gasteiger partial charge in [0, 0.05) is 59.5 Å². The van der Waals surface area contributed by atoms with E-state index in [1.54, 1.807) is 48.5 Å². The van der Waals surface area contributed by atoms with Gasteiger partial charge in [0.1, 0.15) is 0 Å². The molecular weight excluding hydrogens is 582 g/mol. The highest BCUT2D eigenvalue weighted by molar-refractivity contribution is 6.09. The number of likely N-dealkylation sites (tertiary alicyclic amines) is 1. The van der Waals surface area contributed by atoms with E-state index in [2.05, 4.69) is 31.8 Å². The summed E-state index contributed by atoms with van der Waals surface area (Å²) >= 11 is 0. The number of rotatable bonds is 16. The second kappa shape index (κ2) is 15.0. The molecule has 10 heteroatoms. The third-order valence-corrected chi connectivity index (χ3v) is 9.06.